The second kappa shape index (κ2) is 7.81. The molecule has 108 valence electrons. The van der Waals surface area contributed by atoms with Gasteiger partial charge in [-0.15, -0.1) is 0 Å². The molecule has 0 saturated heterocycles. The number of carbonyl (C=O) groups is 1. The van der Waals surface area contributed by atoms with E-state index in [2.05, 4.69) is 48.5 Å². The van der Waals surface area contributed by atoms with Crippen molar-refractivity contribution in [3.63, 3.8) is 0 Å². The summed E-state index contributed by atoms with van der Waals surface area (Å²) in [5.41, 5.74) is 0.0611. The van der Waals surface area contributed by atoms with Crippen molar-refractivity contribution in [2.75, 3.05) is 0 Å². The van der Waals surface area contributed by atoms with Gasteiger partial charge in [0.05, 0.1) is 6.42 Å². The molecule has 0 atom stereocenters. The number of hydrogen-bond acceptors (Lipinski definition) is 2. The highest BCUT2D eigenvalue weighted by atomic mass is 16.5. The summed E-state index contributed by atoms with van der Waals surface area (Å²) in [6, 6.07) is 0. The number of unbranched alkanes of at least 4 members (excludes halogenated alkanes) is 1. The highest BCUT2D eigenvalue weighted by Crippen LogP contribution is 2.29. The number of hydrogen-bond donors (Lipinski definition) is 0. The zero-order valence-corrected chi connectivity index (χ0v) is 13.4. The van der Waals surface area contributed by atoms with Crippen LogP contribution in [0.5, 0.6) is 0 Å². The minimum absolute atomic E-state index is 0.0384. The Morgan fingerprint density at radius 3 is 2.00 bits per heavy atom. The molecule has 0 aromatic heterocycles. The first-order valence-electron chi connectivity index (χ1n) is 7.39. The van der Waals surface area contributed by atoms with Gasteiger partial charge in [-0.05, 0) is 23.7 Å². The summed E-state index contributed by atoms with van der Waals surface area (Å²) in [6.45, 7) is 14.9. The van der Waals surface area contributed by atoms with E-state index >= 15 is 0 Å². The zero-order valence-electron chi connectivity index (χ0n) is 13.4. The van der Waals surface area contributed by atoms with E-state index in [1.54, 1.807) is 0 Å². The van der Waals surface area contributed by atoms with Crippen molar-refractivity contribution in [2.24, 2.45) is 17.3 Å². The third-order valence-electron chi connectivity index (χ3n) is 3.41. The molecule has 0 saturated carbocycles. The minimum atomic E-state index is -0.0384. The van der Waals surface area contributed by atoms with Crippen LogP contribution >= 0.6 is 0 Å². The molecule has 0 N–H and O–H groups in total. The molecular weight excluding hydrogens is 224 g/mol. The van der Waals surface area contributed by atoms with Gasteiger partial charge >= 0.3 is 5.97 Å². The summed E-state index contributed by atoms with van der Waals surface area (Å²) < 4.78 is 5.65. The molecule has 0 radical (unpaired) electrons. The van der Waals surface area contributed by atoms with Crippen molar-refractivity contribution in [3.05, 3.63) is 0 Å². The Hall–Kier alpha value is -0.530. The third kappa shape index (κ3) is 7.03. The van der Waals surface area contributed by atoms with Crippen LogP contribution in [-0.2, 0) is 9.53 Å². The van der Waals surface area contributed by atoms with Crippen LogP contribution in [0.4, 0.5) is 0 Å². The van der Waals surface area contributed by atoms with Crippen LogP contribution in [0.2, 0.25) is 0 Å². The predicted octanol–water partition coefficient (Wildman–Crippen LogP) is 4.82. The van der Waals surface area contributed by atoms with Crippen LogP contribution in [0.15, 0.2) is 0 Å². The Labute approximate surface area is 113 Å². The molecule has 0 aromatic carbocycles. The predicted molar refractivity (Wildman–Crippen MR) is 77.5 cm³/mol. The molecule has 0 aliphatic carbocycles. The summed E-state index contributed by atoms with van der Waals surface area (Å²) in [5.74, 6) is 0.726. The van der Waals surface area contributed by atoms with Gasteiger partial charge in [-0.1, -0.05) is 61.3 Å². The molecule has 0 bridgehead atoms. The lowest BCUT2D eigenvalue weighted by atomic mass is 9.84. The molecule has 0 amide bonds. The SMILES string of the molecule is CCCCC(C)(C)CC(=O)OC(C(C)C)C(C)C. The van der Waals surface area contributed by atoms with E-state index in [-0.39, 0.29) is 17.5 Å². The van der Waals surface area contributed by atoms with Crippen molar-refractivity contribution in [1.29, 1.82) is 0 Å². The summed E-state index contributed by atoms with van der Waals surface area (Å²) in [6.07, 6.45) is 4.02. The molecule has 2 nitrogen and oxygen atoms in total. The summed E-state index contributed by atoms with van der Waals surface area (Å²) >= 11 is 0. The first-order valence-corrected chi connectivity index (χ1v) is 7.39. The van der Waals surface area contributed by atoms with Gasteiger partial charge in [-0.2, -0.15) is 0 Å². The summed E-state index contributed by atoms with van der Waals surface area (Å²) in [7, 11) is 0. The van der Waals surface area contributed by atoms with Gasteiger partial charge in [0, 0.05) is 0 Å². The third-order valence-corrected chi connectivity index (χ3v) is 3.41. The lowest BCUT2D eigenvalue weighted by Gasteiger charge is -2.28. The molecule has 0 aliphatic heterocycles. The van der Waals surface area contributed by atoms with Crippen LogP contribution in [0.3, 0.4) is 0 Å². The average Bonchev–Trinajstić information content (AvgIpc) is 2.21. The quantitative estimate of drug-likeness (QED) is 0.582. The fraction of sp³-hybridized carbons (Fsp3) is 0.938. The lowest BCUT2D eigenvalue weighted by Crippen LogP contribution is -2.30. The van der Waals surface area contributed by atoms with Gasteiger partial charge in [0.2, 0.25) is 0 Å². The van der Waals surface area contributed by atoms with E-state index in [1.807, 2.05) is 0 Å². The Morgan fingerprint density at radius 2 is 1.61 bits per heavy atom. The van der Waals surface area contributed by atoms with E-state index in [1.165, 1.54) is 12.8 Å². The van der Waals surface area contributed by atoms with Gasteiger partial charge in [0.25, 0.3) is 0 Å². The van der Waals surface area contributed by atoms with Gasteiger partial charge in [0.1, 0.15) is 6.10 Å². The maximum absolute atomic E-state index is 12.0. The minimum Gasteiger partial charge on any atom is -0.462 e. The fourth-order valence-corrected chi connectivity index (χ4v) is 2.37. The van der Waals surface area contributed by atoms with Crippen LogP contribution in [0.25, 0.3) is 0 Å². The van der Waals surface area contributed by atoms with E-state index in [0.717, 1.165) is 6.42 Å². The molecule has 0 unspecified atom stereocenters. The van der Waals surface area contributed by atoms with Gasteiger partial charge in [0.15, 0.2) is 0 Å². The molecule has 0 aromatic rings. The number of carbonyl (C=O) groups excluding carboxylic acids is 1. The first-order chi connectivity index (χ1) is 8.19. The topological polar surface area (TPSA) is 26.3 Å². The fourth-order valence-electron chi connectivity index (χ4n) is 2.37. The number of ether oxygens (including phenoxy) is 1. The Kier molecular flexibility index (Phi) is 7.58. The highest BCUT2D eigenvalue weighted by Gasteiger charge is 2.26. The van der Waals surface area contributed by atoms with E-state index in [0.29, 0.717) is 18.3 Å². The van der Waals surface area contributed by atoms with Crippen molar-refractivity contribution in [1.82, 2.24) is 0 Å². The summed E-state index contributed by atoms with van der Waals surface area (Å²) in [4.78, 5) is 12.0. The monoisotopic (exact) mass is 256 g/mol. The Bertz CT molecular complexity index is 233. The van der Waals surface area contributed by atoms with E-state index in [9.17, 15) is 4.79 Å². The Morgan fingerprint density at radius 1 is 1.11 bits per heavy atom. The van der Waals surface area contributed by atoms with Crippen molar-refractivity contribution in [2.45, 2.75) is 80.3 Å². The smallest absolute Gasteiger partial charge is 0.306 e. The van der Waals surface area contributed by atoms with Gasteiger partial charge < -0.3 is 4.74 Å². The molecule has 0 spiro atoms. The van der Waals surface area contributed by atoms with Crippen LogP contribution in [-0.4, -0.2) is 12.1 Å². The molecule has 2 heteroatoms. The molecule has 18 heavy (non-hydrogen) atoms. The molecule has 0 rings (SSSR count). The normalized spacial score (nSPS) is 12.6. The molecule has 0 heterocycles. The van der Waals surface area contributed by atoms with Crippen LogP contribution in [0.1, 0.15) is 74.1 Å². The molecular formula is C16H32O2. The number of esters is 1. The maximum atomic E-state index is 12.0. The standard InChI is InChI=1S/C16H32O2/c1-8-9-10-16(6,7)11-14(17)18-15(12(2)3)13(4)5/h12-13,15H,8-11H2,1-7H3. The first kappa shape index (κ1) is 17.5. The van der Waals surface area contributed by atoms with Crippen LogP contribution < -0.4 is 0 Å². The second-order valence-electron chi connectivity index (χ2n) is 6.89. The largest absolute Gasteiger partial charge is 0.462 e. The number of rotatable bonds is 8. The lowest BCUT2D eigenvalue weighted by molar-refractivity contribution is -0.156. The van der Waals surface area contributed by atoms with Gasteiger partial charge in [-0.25, -0.2) is 0 Å². The van der Waals surface area contributed by atoms with E-state index in [4.69, 9.17) is 4.74 Å². The van der Waals surface area contributed by atoms with Crippen molar-refractivity contribution in [3.8, 4) is 0 Å². The summed E-state index contributed by atoms with van der Waals surface area (Å²) in [5, 5.41) is 0. The molecule has 0 fully saturated rings. The molecule has 0 aliphatic rings. The van der Waals surface area contributed by atoms with Crippen LogP contribution in [0, 0.1) is 17.3 Å². The zero-order chi connectivity index (χ0) is 14.3. The Balaban J connectivity index is 4.31. The van der Waals surface area contributed by atoms with Gasteiger partial charge in [-0.3, -0.25) is 4.79 Å². The van der Waals surface area contributed by atoms with Crippen molar-refractivity contribution >= 4 is 5.97 Å². The highest BCUT2D eigenvalue weighted by molar-refractivity contribution is 5.70. The van der Waals surface area contributed by atoms with Crippen molar-refractivity contribution < 1.29 is 9.53 Å². The maximum Gasteiger partial charge on any atom is 0.306 e. The van der Waals surface area contributed by atoms with E-state index < -0.39 is 0 Å². The second-order valence-corrected chi connectivity index (χ2v) is 6.89. The average molecular weight is 256 g/mol.